The monoisotopic (exact) mass is 227 g/mol. The van der Waals surface area contributed by atoms with E-state index in [1.807, 2.05) is 0 Å². The summed E-state index contributed by atoms with van der Waals surface area (Å²) in [4.78, 5) is 0. The van der Waals surface area contributed by atoms with Gasteiger partial charge in [0.05, 0.1) is 0 Å². The fraction of sp³-hybridized carbons (Fsp3) is 0.538. The van der Waals surface area contributed by atoms with Gasteiger partial charge in [-0.1, -0.05) is 45.0 Å². The van der Waals surface area contributed by atoms with Crippen LogP contribution in [0.4, 0.5) is 0 Å². The third kappa shape index (κ3) is 4.67. The lowest BCUT2D eigenvalue weighted by Crippen LogP contribution is -2.12. The highest BCUT2D eigenvalue weighted by Crippen LogP contribution is 2.19. The van der Waals surface area contributed by atoms with E-state index in [-0.39, 0.29) is 18.4 Å². The second-order valence-corrected chi connectivity index (χ2v) is 4.33. The third-order valence-corrected chi connectivity index (χ3v) is 2.54. The van der Waals surface area contributed by atoms with E-state index in [0.29, 0.717) is 5.92 Å². The molecule has 0 aliphatic heterocycles. The molecule has 0 aromatic heterocycles. The highest BCUT2D eigenvalue weighted by molar-refractivity contribution is 5.85. The van der Waals surface area contributed by atoms with Gasteiger partial charge in [0.25, 0.3) is 0 Å². The summed E-state index contributed by atoms with van der Waals surface area (Å²) in [6, 6.07) is 8.86. The lowest BCUT2D eigenvalue weighted by molar-refractivity contribution is 0.510. The van der Waals surface area contributed by atoms with Gasteiger partial charge in [0.2, 0.25) is 0 Å². The van der Waals surface area contributed by atoms with Crippen molar-refractivity contribution in [1.29, 1.82) is 0 Å². The molecule has 0 radical (unpaired) electrons. The van der Waals surface area contributed by atoms with Gasteiger partial charge in [0.1, 0.15) is 0 Å². The number of rotatable bonds is 4. The molecule has 0 amide bonds. The average Bonchev–Trinajstić information content (AvgIpc) is 2.17. The lowest BCUT2D eigenvalue weighted by Gasteiger charge is -2.14. The van der Waals surface area contributed by atoms with E-state index < -0.39 is 0 Å². The molecular weight excluding hydrogens is 206 g/mol. The molecule has 2 N–H and O–H groups in total. The Hall–Kier alpha value is -0.530. The van der Waals surface area contributed by atoms with Gasteiger partial charge in [-0.25, -0.2) is 0 Å². The zero-order valence-electron chi connectivity index (χ0n) is 9.86. The SMILES string of the molecule is CCc1ccc([C@H](N)CC(C)C)cc1.Cl. The van der Waals surface area contributed by atoms with Gasteiger partial charge in [-0.3, -0.25) is 0 Å². The minimum Gasteiger partial charge on any atom is -0.324 e. The molecule has 0 spiro atoms. The third-order valence-electron chi connectivity index (χ3n) is 2.54. The summed E-state index contributed by atoms with van der Waals surface area (Å²) in [5.74, 6) is 0.663. The van der Waals surface area contributed by atoms with E-state index in [1.165, 1.54) is 11.1 Å². The molecule has 0 fully saturated rings. The zero-order chi connectivity index (χ0) is 10.6. The number of nitrogens with two attached hydrogens (primary N) is 1. The molecule has 2 heteroatoms. The molecule has 1 atom stereocenters. The van der Waals surface area contributed by atoms with Crippen molar-refractivity contribution >= 4 is 12.4 Å². The first-order valence-corrected chi connectivity index (χ1v) is 5.48. The zero-order valence-corrected chi connectivity index (χ0v) is 10.7. The van der Waals surface area contributed by atoms with Crippen LogP contribution in [0.3, 0.4) is 0 Å². The smallest absolute Gasteiger partial charge is 0.0297 e. The fourth-order valence-electron chi connectivity index (χ4n) is 1.64. The second-order valence-electron chi connectivity index (χ2n) is 4.33. The van der Waals surface area contributed by atoms with E-state index >= 15 is 0 Å². The van der Waals surface area contributed by atoms with Gasteiger partial charge in [-0.15, -0.1) is 12.4 Å². The summed E-state index contributed by atoms with van der Waals surface area (Å²) in [6.07, 6.45) is 2.16. The van der Waals surface area contributed by atoms with E-state index in [2.05, 4.69) is 45.0 Å². The van der Waals surface area contributed by atoms with E-state index in [1.54, 1.807) is 0 Å². The Morgan fingerprint density at radius 2 is 1.67 bits per heavy atom. The maximum atomic E-state index is 6.09. The number of hydrogen-bond donors (Lipinski definition) is 1. The van der Waals surface area contributed by atoms with Crippen LogP contribution in [0.15, 0.2) is 24.3 Å². The van der Waals surface area contributed by atoms with Crippen molar-refractivity contribution in [2.45, 2.75) is 39.7 Å². The Bertz CT molecular complexity index is 266. The van der Waals surface area contributed by atoms with E-state index in [9.17, 15) is 0 Å². The second kappa shape index (κ2) is 6.86. The van der Waals surface area contributed by atoms with E-state index in [4.69, 9.17) is 5.73 Å². The predicted molar refractivity (Wildman–Crippen MR) is 69.5 cm³/mol. The fourth-order valence-corrected chi connectivity index (χ4v) is 1.64. The van der Waals surface area contributed by atoms with Crippen molar-refractivity contribution in [3.63, 3.8) is 0 Å². The van der Waals surface area contributed by atoms with Crippen molar-refractivity contribution in [1.82, 2.24) is 0 Å². The van der Waals surface area contributed by atoms with Crippen molar-refractivity contribution in [3.8, 4) is 0 Å². The standard InChI is InChI=1S/C13H21N.ClH/c1-4-11-5-7-12(8-6-11)13(14)9-10(2)3;/h5-8,10,13H,4,9,14H2,1-3H3;1H/t13-;/m1./s1. The summed E-state index contributed by atoms with van der Waals surface area (Å²) < 4.78 is 0. The van der Waals surface area contributed by atoms with Crippen LogP contribution in [0.5, 0.6) is 0 Å². The molecule has 1 nitrogen and oxygen atoms in total. The molecule has 0 bridgehead atoms. The Balaban J connectivity index is 0.00000196. The number of halogens is 1. The van der Waals surface area contributed by atoms with Crippen LogP contribution in [0.2, 0.25) is 0 Å². The summed E-state index contributed by atoms with van der Waals surface area (Å²) in [7, 11) is 0. The molecule has 0 heterocycles. The first-order valence-electron chi connectivity index (χ1n) is 5.48. The van der Waals surface area contributed by atoms with Gasteiger partial charge < -0.3 is 5.73 Å². The summed E-state index contributed by atoms with van der Waals surface area (Å²) in [6.45, 7) is 6.59. The highest BCUT2D eigenvalue weighted by Gasteiger charge is 2.07. The van der Waals surface area contributed by atoms with Crippen molar-refractivity contribution in [3.05, 3.63) is 35.4 Å². The minimum atomic E-state index is 0. The van der Waals surface area contributed by atoms with Crippen LogP contribution in [0.1, 0.15) is 44.4 Å². The molecule has 0 unspecified atom stereocenters. The summed E-state index contributed by atoms with van der Waals surface area (Å²) in [5, 5.41) is 0. The van der Waals surface area contributed by atoms with Crippen LogP contribution >= 0.6 is 12.4 Å². The Morgan fingerprint density at radius 3 is 2.07 bits per heavy atom. The lowest BCUT2D eigenvalue weighted by atomic mass is 9.97. The molecule has 0 aliphatic rings. The van der Waals surface area contributed by atoms with Crippen molar-refractivity contribution < 1.29 is 0 Å². The van der Waals surface area contributed by atoms with Crippen LogP contribution in [0.25, 0.3) is 0 Å². The first-order chi connectivity index (χ1) is 6.63. The van der Waals surface area contributed by atoms with Crippen LogP contribution in [-0.2, 0) is 6.42 Å². The van der Waals surface area contributed by atoms with Gasteiger partial charge in [0, 0.05) is 6.04 Å². The van der Waals surface area contributed by atoms with Gasteiger partial charge in [-0.2, -0.15) is 0 Å². The Morgan fingerprint density at radius 1 is 1.13 bits per heavy atom. The van der Waals surface area contributed by atoms with Crippen LogP contribution < -0.4 is 5.73 Å². The van der Waals surface area contributed by atoms with Gasteiger partial charge in [-0.05, 0) is 29.9 Å². The van der Waals surface area contributed by atoms with Crippen molar-refractivity contribution in [2.75, 3.05) is 0 Å². The molecule has 1 aromatic rings. The summed E-state index contributed by atoms with van der Waals surface area (Å²) >= 11 is 0. The van der Waals surface area contributed by atoms with Gasteiger partial charge in [0.15, 0.2) is 0 Å². The molecule has 1 aromatic carbocycles. The molecule has 15 heavy (non-hydrogen) atoms. The summed E-state index contributed by atoms with van der Waals surface area (Å²) in [5.41, 5.74) is 8.73. The normalized spacial score (nSPS) is 12.3. The maximum Gasteiger partial charge on any atom is 0.0297 e. The largest absolute Gasteiger partial charge is 0.324 e. The van der Waals surface area contributed by atoms with E-state index in [0.717, 1.165) is 12.8 Å². The molecule has 0 aliphatic carbocycles. The quantitative estimate of drug-likeness (QED) is 0.834. The van der Waals surface area contributed by atoms with Crippen molar-refractivity contribution in [2.24, 2.45) is 11.7 Å². The van der Waals surface area contributed by atoms with Gasteiger partial charge >= 0.3 is 0 Å². The molecule has 1 rings (SSSR count). The predicted octanol–water partition coefficient (Wildman–Crippen LogP) is 3.72. The molecule has 86 valence electrons. The Labute approximate surface area is 99.5 Å². The van der Waals surface area contributed by atoms with Crippen LogP contribution in [0, 0.1) is 5.92 Å². The molecule has 0 saturated heterocycles. The number of aryl methyl sites for hydroxylation is 1. The topological polar surface area (TPSA) is 26.0 Å². The highest BCUT2D eigenvalue weighted by atomic mass is 35.5. The van der Waals surface area contributed by atoms with Crippen LogP contribution in [-0.4, -0.2) is 0 Å². The molecular formula is C13H22ClN. The Kier molecular flexibility index (Phi) is 6.62. The maximum absolute atomic E-state index is 6.09. The number of benzene rings is 1. The first kappa shape index (κ1) is 14.5. The number of hydrogen-bond acceptors (Lipinski definition) is 1. The average molecular weight is 228 g/mol. The minimum absolute atomic E-state index is 0. The molecule has 0 saturated carbocycles.